The van der Waals surface area contributed by atoms with E-state index in [4.69, 9.17) is 4.74 Å². The molecule has 0 bridgehead atoms. The highest BCUT2D eigenvalue weighted by Gasteiger charge is 2.11. The van der Waals surface area contributed by atoms with Crippen LogP contribution in [0.15, 0.2) is 64.9 Å². The van der Waals surface area contributed by atoms with Crippen LogP contribution >= 0.6 is 11.8 Å². The summed E-state index contributed by atoms with van der Waals surface area (Å²) in [5, 5.41) is 14.0. The lowest BCUT2D eigenvalue weighted by atomic mass is 10.1. The van der Waals surface area contributed by atoms with E-state index in [9.17, 15) is 0 Å². The number of rotatable bonds is 9. The second-order valence-corrected chi connectivity index (χ2v) is 6.87. The van der Waals surface area contributed by atoms with Gasteiger partial charge in [-0.2, -0.15) is 9.78 Å². The third kappa shape index (κ3) is 5.44. The minimum atomic E-state index is 0.686. The van der Waals surface area contributed by atoms with E-state index in [-0.39, 0.29) is 0 Å². The van der Waals surface area contributed by atoms with Gasteiger partial charge in [0.2, 0.25) is 5.16 Å². The Hall–Kier alpha value is -2.60. The summed E-state index contributed by atoms with van der Waals surface area (Å²) in [6, 6.07) is 18.2. The average molecular weight is 381 g/mol. The summed E-state index contributed by atoms with van der Waals surface area (Å²) >= 11 is 1.53. The van der Waals surface area contributed by atoms with Crippen molar-refractivity contribution >= 4 is 18.0 Å². The van der Waals surface area contributed by atoms with Crippen LogP contribution < -0.4 is 4.74 Å². The minimum absolute atomic E-state index is 0.686. The van der Waals surface area contributed by atoms with Gasteiger partial charge >= 0.3 is 0 Å². The number of thioether (sulfide) groups is 1. The molecule has 0 saturated carbocycles. The highest BCUT2D eigenvalue weighted by atomic mass is 32.2. The molecule has 0 aliphatic rings. The molecule has 0 radical (unpaired) electrons. The number of benzene rings is 2. The molecule has 1 aromatic heterocycles. The molecule has 0 spiro atoms. The van der Waals surface area contributed by atoms with Gasteiger partial charge in [-0.15, -0.1) is 10.2 Å². The van der Waals surface area contributed by atoms with Gasteiger partial charge in [-0.1, -0.05) is 67.6 Å². The summed E-state index contributed by atoms with van der Waals surface area (Å²) in [4.78, 5) is 0. The molecule has 1 heterocycles. The lowest BCUT2D eigenvalue weighted by molar-refractivity contribution is 0.309. The molecule has 0 N–H and O–H groups in total. The quantitative estimate of drug-likeness (QED) is 0.308. The highest BCUT2D eigenvalue weighted by molar-refractivity contribution is 7.98. The van der Waals surface area contributed by atoms with Crippen LogP contribution in [0, 0.1) is 0 Å². The molecule has 3 rings (SSSR count). The Labute approximate surface area is 164 Å². The molecule has 0 aliphatic carbocycles. The fraction of sp³-hybridized carbons (Fsp3) is 0.286. The number of unbranched alkanes of at least 4 members (excludes halogenated alkanes) is 1. The minimum Gasteiger partial charge on any atom is -0.494 e. The zero-order valence-electron chi connectivity index (χ0n) is 15.7. The van der Waals surface area contributed by atoms with Gasteiger partial charge in [0.15, 0.2) is 5.82 Å². The first-order valence-electron chi connectivity index (χ1n) is 9.09. The summed E-state index contributed by atoms with van der Waals surface area (Å²) in [7, 11) is 0. The molecule has 0 unspecified atom stereocenters. The molecular weight excluding hydrogens is 356 g/mol. The van der Waals surface area contributed by atoms with Crippen molar-refractivity contribution in [1.29, 1.82) is 0 Å². The maximum Gasteiger partial charge on any atom is 0.211 e. The largest absolute Gasteiger partial charge is 0.494 e. The lowest BCUT2D eigenvalue weighted by Crippen LogP contribution is -2.01. The topological polar surface area (TPSA) is 52.3 Å². The van der Waals surface area contributed by atoms with Crippen LogP contribution in [0.1, 0.15) is 36.7 Å². The van der Waals surface area contributed by atoms with E-state index >= 15 is 0 Å². The van der Waals surface area contributed by atoms with Crippen LogP contribution in [-0.2, 0) is 6.42 Å². The summed E-state index contributed by atoms with van der Waals surface area (Å²) in [5.41, 5.74) is 2.16. The zero-order chi connectivity index (χ0) is 18.9. The van der Waals surface area contributed by atoms with Crippen LogP contribution in [0.2, 0.25) is 0 Å². The molecule has 0 atom stereocenters. The normalized spacial score (nSPS) is 11.2. The van der Waals surface area contributed by atoms with E-state index in [0.29, 0.717) is 6.42 Å². The number of nitrogens with zero attached hydrogens (tertiary/aromatic N) is 4. The predicted molar refractivity (Wildman–Crippen MR) is 111 cm³/mol. The first kappa shape index (κ1) is 19.2. The number of hydrogen-bond donors (Lipinski definition) is 0. The molecule has 0 fully saturated rings. The van der Waals surface area contributed by atoms with E-state index in [2.05, 4.69) is 34.4 Å². The maximum atomic E-state index is 5.77. The first-order chi connectivity index (χ1) is 13.3. The molecule has 27 heavy (non-hydrogen) atoms. The molecule has 2 aromatic carbocycles. The Balaban J connectivity index is 1.78. The van der Waals surface area contributed by atoms with Crippen molar-refractivity contribution in [3.8, 4) is 5.75 Å². The van der Waals surface area contributed by atoms with Crippen molar-refractivity contribution in [2.75, 3.05) is 12.9 Å². The van der Waals surface area contributed by atoms with Gasteiger partial charge in [0.1, 0.15) is 5.75 Å². The Kier molecular flexibility index (Phi) is 7.04. The number of hydrogen-bond acceptors (Lipinski definition) is 5. The number of aromatic nitrogens is 3. The third-order valence-electron chi connectivity index (χ3n) is 4.01. The second kappa shape index (κ2) is 9.92. The standard InChI is InChI=1S/C21H24N4OS/c1-3-4-13-26-19-12-8-11-18(14-19)16-22-25-20(23-24-21(25)27-2)15-17-9-6-5-7-10-17/h5-12,14,16H,3-4,13,15H2,1-2H3/b22-16-. The van der Waals surface area contributed by atoms with E-state index in [1.807, 2.05) is 59.6 Å². The first-order valence-corrected chi connectivity index (χ1v) is 10.3. The van der Waals surface area contributed by atoms with Crippen LogP contribution in [-0.4, -0.2) is 34.0 Å². The van der Waals surface area contributed by atoms with Crippen molar-refractivity contribution < 1.29 is 4.74 Å². The number of ether oxygens (including phenoxy) is 1. The Morgan fingerprint density at radius 2 is 1.96 bits per heavy atom. The molecule has 0 amide bonds. The Bertz CT molecular complexity index is 877. The van der Waals surface area contributed by atoms with Gasteiger partial charge in [0.25, 0.3) is 0 Å². The van der Waals surface area contributed by atoms with Crippen molar-refractivity contribution in [3.05, 3.63) is 71.5 Å². The molecule has 5 nitrogen and oxygen atoms in total. The van der Waals surface area contributed by atoms with Gasteiger partial charge in [-0.05, 0) is 35.9 Å². The van der Waals surface area contributed by atoms with Crippen LogP contribution in [0.5, 0.6) is 5.75 Å². The van der Waals surface area contributed by atoms with Crippen molar-refractivity contribution in [3.63, 3.8) is 0 Å². The molecular formula is C21H24N4OS. The summed E-state index contributed by atoms with van der Waals surface area (Å²) < 4.78 is 7.58. The predicted octanol–water partition coefficient (Wildman–Crippen LogP) is 4.65. The second-order valence-electron chi connectivity index (χ2n) is 6.10. The van der Waals surface area contributed by atoms with Crippen molar-refractivity contribution in [2.45, 2.75) is 31.3 Å². The van der Waals surface area contributed by atoms with Gasteiger partial charge in [0, 0.05) is 6.42 Å². The van der Waals surface area contributed by atoms with E-state index in [0.717, 1.165) is 41.7 Å². The third-order valence-corrected chi connectivity index (χ3v) is 4.63. The average Bonchev–Trinajstić information content (AvgIpc) is 3.09. The Morgan fingerprint density at radius 3 is 2.74 bits per heavy atom. The van der Waals surface area contributed by atoms with Gasteiger partial charge in [-0.25, -0.2) is 0 Å². The smallest absolute Gasteiger partial charge is 0.211 e. The van der Waals surface area contributed by atoms with E-state index in [1.54, 1.807) is 0 Å². The van der Waals surface area contributed by atoms with Gasteiger partial charge < -0.3 is 4.74 Å². The molecule has 6 heteroatoms. The van der Waals surface area contributed by atoms with E-state index < -0.39 is 0 Å². The zero-order valence-corrected chi connectivity index (χ0v) is 16.5. The van der Waals surface area contributed by atoms with Crippen LogP contribution in [0.25, 0.3) is 0 Å². The molecule has 0 saturated heterocycles. The van der Waals surface area contributed by atoms with Crippen LogP contribution in [0.4, 0.5) is 0 Å². The molecule has 140 valence electrons. The highest BCUT2D eigenvalue weighted by Crippen LogP contribution is 2.17. The summed E-state index contributed by atoms with van der Waals surface area (Å²) in [5.74, 6) is 1.68. The fourth-order valence-corrected chi connectivity index (χ4v) is 3.02. The van der Waals surface area contributed by atoms with Gasteiger partial charge in [-0.3, -0.25) is 0 Å². The molecule has 3 aromatic rings. The van der Waals surface area contributed by atoms with E-state index in [1.165, 1.54) is 17.3 Å². The van der Waals surface area contributed by atoms with Crippen LogP contribution in [0.3, 0.4) is 0 Å². The lowest BCUT2D eigenvalue weighted by Gasteiger charge is -2.06. The van der Waals surface area contributed by atoms with Crippen molar-refractivity contribution in [2.24, 2.45) is 5.10 Å². The fourth-order valence-electron chi connectivity index (χ4n) is 2.57. The SMILES string of the molecule is CCCCOc1cccc(/C=N\n2c(Cc3ccccc3)nnc2SC)c1. The monoisotopic (exact) mass is 380 g/mol. The maximum absolute atomic E-state index is 5.77. The van der Waals surface area contributed by atoms with Gasteiger partial charge in [0.05, 0.1) is 12.8 Å². The molecule has 0 aliphatic heterocycles. The van der Waals surface area contributed by atoms with Crippen molar-refractivity contribution in [1.82, 2.24) is 14.9 Å². The summed E-state index contributed by atoms with van der Waals surface area (Å²) in [6.07, 6.45) is 6.66. The summed E-state index contributed by atoms with van der Waals surface area (Å²) in [6.45, 7) is 2.89. The Morgan fingerprint density at radius 1 is 1.11 bits per heavy atom.